The first-order valence-electron chi connectivity index (χ1n) is 2.99. The summed E-state index contributed by atoms with van der Waals surface area (Å²) in [6.45, 7) is 0. The first-order valence-corrected chi connectivity index (χ1v) is 2.99. The van der Waals surface area contributed by atoms with Gasteiger partial charge in [0.25, 0.3) is 0 Å². The van der Waals surface area contributed by atoms with Crippen LogP contribution in [0.4, 0.5) is 4.39 Å². The van der Waals surface area contributed by atoms with Crippen molar-refractivity contribution in [1.29, 1.82) is 0 Å². The predicted molar refractivity (Wildman–Crippen MR) is 35.2 cm³/mol. The van der Waals surface area contributed by atoms with E-state index in [9.17, 15) is 9.18 Å². The van der Waals surface area contributed by atoms with Crippen molar-refractivity contribution in [3.05, 3.63) is 0 Å². The molecular formula is C7H9FO2. The molecule has 0 rings (SSSR count). The Morgan fingerprint density at radius 3 is 2.80 bits per heavy atom. The summed E-state index contributed by atoms with van der Waals surface area (Å²) >= 11 is 0. The Morgan fingerprint density at radius 1 is 1.80 bits per heavy atom. The number of aliphatic carboxylic acids is 1. The maximum atomic E-state index is 12.2. The lowest BCUT2D eigenvalue weighted by Gasteiger charge is -1.98. The quantitative estimate of drug-likeness (QED) is 0.475. The first-order chi connectivity index (χ1) is 4.68. The van der Waals surface area contributed by atoms with E-state index < -0.39 is 12.1 Å². The molecule has 0 amide bonds. The lowest BCUT2D eigenvalue weighted by molar-refractivity contribution is -0.143. The Morgan fingerprint density at radius 2 is 2.40 bits per heavy atom. The van der Waals surface area contributed by atoms with Crippen LogP contribution in [0.1, 0.15) is 19.3 Å². The molecule has 0 aromatic carbocycles. The van der Waals surface area contributed by atoms with Crippen LogP contribution in [0.25, 0.3) is 0 Å². The highest BCUT2D eigenvalue weighted by atomic mass is 19.1. The molecule has 0 aromatic rings. The van der Waals surface area contributed by atoms with E-state index >= 15 is 0 Å². The number of terminal acetylenes is 1. The summed E-state index contributed by atoms with van der Waals surface area (Å²) in [7, 11) is 0. The second-order valence-electron chi connectivity index (χ2n) is 1.90. The molecule has 0 fully saturated rings. The fraction of sp³-hybridized carbons (Fsp3) is 0.571. The van der Waals surface area contributed by atoms with Crippen LogP contribution < -0.4 is 0 Å². The van der Waals surface area contributed by atoms with Crippen LogP contribution in [0.3, 0.4) is 0 Å². The number of carbonyl (C=O) groups is 1. The maximum Gasteiger partial charge on any atom is 0.338 e. The molecule has 56 valence electrons. The van der Waals surface area contributed by atoms with Gasteiger partial charge in [-0.3, -0.25) is 0 Å². The van der Waals surface area contributed by atoms with Crippen LogP contribution in [0, 0.1) is 12.3 Å². The molecule has 0 saturated heterocycles. The molecule has 0 aromatic heterocycles. The molecule has 1 atom stereocenters. The fourth-order valence-corrected chi connectivity index (χ4v) is 0.507. The van der Waals surface area contributed by atoms with E-state index in [1.807, 2.05) is 0 Å². The minimum absolute atomic E-state index is 0.0134. The van der Waals surface area contributed by atoms with Crippen molar-refractivity contribution in [2.45, 2.75) is 25.4 Å². The van der Waals surface area contributed by atoms with Gasteiger partial charge in [0.1, 0.15) is 0 Å². The summed E-state index contributed by atoms with van der Waals surface area (Å²) in [6, 6.07) is 0. The summed E-state index contributed by atoms with van der Waals surface area (Å²) in [5.41, 5.74) is 0. The van der Waals surface area contributed by atoms with E-state index in [2.05, 4.69) is 5.92 Å². The van der Waals surface area contributed by atoms with E-state index in [0.29, 0.717) is 12.8 Å². The molecule has 0 aliphatic heterocycles. The smallest absolute Gasteiger partial charge is 0.338 e. The Hall–Kier alpha value is -1.04. The van der Waals surface area contributed by atoms with Crippen molar-refractivity contribution < 1.29 is 14.3 Å². The summed E-state index contributed by atoms with van der Waals surface area (Å²) in [5, 5.41) is 8.05. The van der Waals surface area contributed by atoms with Crippen LogP contribution in [-0.2, 0) is 4.79 Å². The van der Waals surface area contributed by atoms with Crippen molar-refractivity contribution >= 4 is 5.97 Å². The average Bonchev–Trinajstić information content (AvgIpc) is 1.88. The zero-order valence-corrected chi connectivity index (χ0v) is 5.51. The average molecular weight is 144 g/mol. The van der Waals surface area contributed by atoms with E-state index in [1.165, 1.54) is 0 Å². The second-order valence-corrected chi connectivity index (χ2v) is 1.90. The summed E-state index contributed by atoms with van der Waals surface area (Å²) in [4.78, 5) is 9.87. The van der Waals surface area contributed by atoms with Crippen LogP contribution >= 0.6 is 0 Å². The number of rotatable bonds is 4. The Labute approximate surface area is 59.0 Å². The zero-order valence-electron chi connectivity index (χ0n) is 5.51. The molecule has 0 unspecified atom stereocenters. The minimum Gasteiger partial charge on any atom is -0.479 e. The lowest BCUT2D eigenvalue weighted by Crippen LogP contribution is -2.13. The number of hydrogen-bond donors (Lipinski definition) is 1. The van der Waals surface area contributed by atoms with Crippen molar-refractivity contribution in [2.75, 3.05) is 0 Å². The van der Waals surface area contributed by atoms with E-state index in [0.717, 1.165) is 0 Å². The third-order valence-electron chi connectivity index (χ3n) is 1.05. The first kappa shape index (κ1) is 8.96. The number of carboxylic acids is 1. The SMILES string of the molecule is C#CCCC[C@@H](F)C(=O)O. The predicted octanol–water partition coefficient (Wildman–Crippen LogP) is 1.21. The van der Waals surface area contributed by atoms with Crippen molar-refractivity contribution in [2.24, 2.45) is 0 Å². The molecule has 0 aliphatic carbocycles. The van der Waals surface area contributed by atoms with E-state index in [4.69, 9.17) is 11.5 Å². The highest BCUT2D eigenvalue weighted by molar-refractivity contribution is 5.71. The summed E-state index contributed by atoms with van der Waals surface area (Å²) < 4.78 is 12.2. The van der Waals surface area contributed by atoms with Gasteiger partial charge in [-0.25, -0.2) is 9.18 Å². The minimum atomic E-state index is -1.76. The monoisotopic (exact) mass is 144 g/mol. The van der Waals surface area contributed by atoms with Crippen molar-refractivity contribution in [3.8, 4) is 12.3 Å². The van der Waals surface area contributed by atoms with Crippen LogP contribution in [0.2, 0.25) is 0 Å². The molecule has 0 aliphatic rings. The van der Waals surface area contributed by atoms with Gasteiger partial charge in [0.15, 0.2) is 6.17 Å². The molecule has 0 saturated carbocycles. The third kappa shape index (κ3) is 3.90. The van der Waals surface area contributed by atoms with E-state index in [-0.39, 0.29) is 6.42 Å². The molecule has 0 radical (unpaired) electrons. The molecule has 3 heteroatoms. The summed E-state index contributed by atoms with van der Waals surface area (Å²) in [6.07, 6.45) is 4.00. The van der Waals surface area contributed by atoms with Gasteiger partial charge >= 0.3 is 5.97 Å². The topological polar surface area (TPSA) is 37.3 Å². The van der Waals surface area contributed by atoms with Crippen LogP contribution in [-0.4, -0.2) is 17.2 Å². The van der Waals surface area contributed by atoms with Crippen molar-refractivity contribution in [1.82, 2.24) is 0 Å². The molecular weight excluding hydrogens is 135 g/mol. The van der Waals surface area contributed by atoms with Gasteiger partial charge in [-0.1, -0.05) is 0 Å². The van der Waals surface area contributed by atoms with E-state index in [1.54, 1.807) is 0 Å². The normalized spacial score (nSPS) is 12.0. The molecule has 0 bridgehead atoms. The molecule has 10 heavy (non-hydrogen) atoms. The van der Waals surface area contributed by atoms with Gasteiger partial charge in [-0.2, -0.15) is 0 Å². The van der Waals surface area contributed by atoms with Gasteiger partial charge in [-0.15, -0.1) is 12.3 Å². The Bertz CT molecular complexity index is 148. The summed E-state index contributed by atoms with van der Waals surface area (Å²) in [5.74, 6) is 0.897. The van der Waals surface area contributed by atoms with Gasteiger partial charge in [0.2, 0.25) is 0 Å². The molecule has 1 N–H and O–H groups in total. The van der Waals surface area contributed by atoms with Crippen LogP contribution in [0.5, 0.6) is 0 Å². The Kier molecular flexibility index (Phi) is 4.30. The van der Waals surface area contributed by atoms with Gasteiger partial charge in [0, 0.05) is 6.42 Å². The fourth-order valence-electron chi connectivity index (χ4n) is 0.507. The number of alkyl halides is 1. The molecule has 0 spiro atoms. The number of unbranched alkanes of at least 4 members (excludes halogenated alkanes) is 1. The standard InChI is InChI=1S/C7H9FO2/c1-2-3-4-5-6(8)7(9)10/h1,6H,3-5H2,(H,9,10)/t6-/m1/s1. The van der Waals surface area contributed by atoms with Gasteiger partial charge in [0.05, 0.1) is 0 Å². The zero-order chi connectivity index (χ0) is 7.98. The number of halogens is 1. The molecule has 2 nitrogen and oxygen atoms in total. The lowest BCUT2D eigenvalue weighted by atomic mass is 10.2. The van der Waals surface area contributed by atoms with Gasteiger partial charge < -0.3 is 5.11 Å². The van der Waals surface area contributed by atoms with Gasteiger partial charge in [-0.05, 0) is 12.8 Å². The van der Waals surface area contributed by atoms with Crippen LogP contribution in [0.15, 0.2) is 0 Å². The maximum absolute atomic E-state index is 12.2. The number of hydrogen-bond acceptors (Lipinski definition) is 1. The molecule has 0 heterocycles. The second kappa shape index (κ2) is 4.80. The van der Waals surface area contributed by atoms with Crippen molar-refractivity contribution in [3.63, 3.8) is 0 Å². The Balaban J connectivity index is 3.32. The third-order valence-corrected chi connectivity index (χ3v) is 1.05. The largest absolute Gasteiger partial charge is 0.479 e. The number of carboxylic acid groups (broad SMARTS) is 1. The highest BCUT2D eigenvalue weighted by Gasteiger charge is 2.13. The highest BCUT2D eigenvalue weighted by Crippen LogP contribution is 2.03.